The summed E-state index contributed by atoms with van der Waals surface area (Å²) in [5.41, 5.74) is 1.02. The molecule has 1 heterocycles. The highest BCUT2D eigenvalue weighted by Gasteiger charge is 2.45. The molecule has 3 rings (SSSR count). The van der Waals surface area contributed by atoms with Crippen LogP contribution in [0.15, 0.2) is 18.2 Å². The molecule has 1 unspecified atom stereocenters. The van der Waals surface area contributed by atoms with Crippen molar-refractivity contribution < 1.29 is 5.11 Å². The van der Waals surface area contributed by atoms with Crippen LogP contribution < -0.4 is 0 Å². The van der Waals surface area contributed by atoms with Crippen molar-refractivity contribution in [2.75, 3.05) is 19.6 Å². The van der Waals surface area contributed by atoms with Crippen LogP contribution in [0.1, 0.15) is 50.5 Å². The number of likely N-dealkylation sites (tertiary alicyclic amines) is 1. The number of halogens is 3. The summed E-state index contributed by atoms with van der Waals surface area (Å²) < 4.78 is 0. The van der Waals surface area contributed by atoms with Crippen LogP contribution in [0.2, 0.25) is 10.0 Å². The van der Waals surface area contributed by atoms with Crippen LogP contribution in [0, 0.1) is 0 Å². The quantitative estimate of drug-likeness (QED) is 0.790. The first-order valence-corrected chi connectivity index (χ1v) is 9.23. The Morgan fingerprint density at radius 1 is 1.00 bits per heavy atom. The first-order valence-electron chi connectivity index (χ1n) is 8.48. The molecule has 1 aromatic rings. The van der Waals surface area contributed by atoms with Crippen molar-refractivity contribution in [2.45, 2.75) is 56.5 Å². The Labute approximate surface area is 155 Å². The van der Waals surface area contributed by atoms with E-state index in [0.717, 1.165) is 38.0 Å². The molecule has 0 amide bonds. The molecule has 1 aliphatic carbocycles. The fourth-order valence-electron chi connectivity index (χ4n) is 3.92. The number of rotatable bonds is 4. The molecular formula is C18H26Cl3NO. The van der Waals surface area contributed by atoms with Gasteiger partial charge in [-0.05, 0) is 56.5 Å². The van der Waals surface area contributed by atoms with Gasteiger partial charge in [0.2, 0.25) is 0 Å². The van der Waals surface area contributed by atoms with Crippen LogP contribution >= 0.6 is 35.6 Å². The predicted octanol–water partition coefficient (Wildman–Crippen LogP) is 5.07. The van der Waals surface area contributed by atoms with E-state index in [4.69, 9.17) is 23.2 Å². The maximum Gasteiger partial charge on any atom is 0.0763 e. The van der Waals surface area contributed by atoms with Crippen LogP contribution in [-0.2, 0) is 5.41 Å². The molecule has 2 aliphatic rings. The lowest BCUT2D eigenvalue weighted by Crippen LogP contribution is -2.51. The van der Waals surface area contributed by atoms with E-state index in [2.05, 4.69) is 4.90 Å². The Morgan fingerprint density at radius 3 is 2.17 bits per heavy atom. The van der Waals surface area contributed by atoms with Crippen molar-refractivity contribution in [2.24, 2.45) is 0 Å². The van der Waals surface area contributed by atoms with E-state index < -0.39 is 0 Å². The van der Waals surface area contributed by atoms with Crippen molar-refractivity contribution in [1.29, 1.82) is 0 Å². The Morgan fingerprint density at radius 2 is 1.65 bits per heavy atom. The number of β-amino-alcohol motifs (C(OH)–C–C–N with tert-alkyl or cyclic N) is 1. The second-order valence-electron chi connectivity index (χ2n) is 6.87. The van der Waals surface area contributed by atoms with E-state index in [1.54, 1.807) is 0 Å². The fraction of sp³-hybridized carbons (Fsp3) is 0.667. The van der Waals surface area contributed by atoms with Crippen molar-refractivity contribution >= 4 is 35.6 Å². The van der Waals surface area contributed by atoms with E-state index >= 15 is 0 Å². The largest absolute Gasteiger partial charge is 0.391 e. The molecule has 130 valence electrons. The van der Waals surface area contributed by atoms with Crippen LogP contribution in [0.5, 0.6) is 0 Å². The van der Waals surface area contributed by atoms with Gasteiger partial charge >= 0.3 is 0 Å². The Hall–Kier alpha value is 0.01000. The summed E-state index contributed by atoms with van der Waals surface area (Å²) in [6.07, 6.45) is 8.10. The third-order valence-corrected chi connectivity index (χ3v) is 6.25. The molecule has 1 saturated heterocycles. The number of nitrogens with zero attached hydrogens (tertiary/aromatic N) is 1. The van der Waals surface area contributed by atoms with Crippen molar-refractivity contribution in [1.82, 2.24) is 4.90 Å². The SMILES string of the molecule is Cl.OC(CN1CCCCCC1)C1(c2ccc(Cl)c(Cl)c2)CCC1. The number of aliphatic hydroxyl groups excluding tert-OH is 1. The molecule has 0 radical (unpaired) electrons. The summed E-state index contributed by atoms with van der Waals surface area (Å²) in [5, 5.41) is 12.1. The fourth-order valence-corrected chi connectivity index (χ4v) is 4.21. The molecular weight excluding hydrogens is 353 g/mol. The van der Waals surface area contributed by atoms with Gasteiger partial charge in [-0.1, -0.05) is 48.5 Å². The van der Waals surface area contributed by atoms with Gasteiger partial charge in [0.15, 0.2) is 0 Å². The normalized spacial score (nSPS) is 22.6. The first kappa shape index (κ1) is 19.3. The summed E-state index contributed by atoms with van der Waals surface area (Å²) in [5.74, 6) is 0. The molecule has 1 saturated carbocycles. The topological polar surface area (TPSA) is 23.5 Å². The minimum absolute atomic E-state index is 0. The Balaban J connectivity index is 0.00000192. The van der Waals surface area contributed by atoms with Crippen molar-refractivity contribution in [3.05, 3.63) is 33.8 Å². The molecule has 1 aliphatic heterocycles. The summed E-state index contributed by atoms with van der Waals surface area (Å²) in [6, 6.07) is 5.85. The van der Waals surface area contributed by atoms with Gasteiger partial charge in [-0.25, -0.2) is 0 Å². The van der Waals surface area contributed by atoms with Crippen molar-refractivity contribution in [3.63, 3.8) is 0 Å². The first-order chi connectivity index (χ1) is 10.6. The molecule has 2 nitrogen and oxygen atoms in total. The highest BCUT2D eigenvalue weighted by atomic mass is 35.5. The average molecular weight is 379 g/mol. The van der Waals surface area contributed by atoms with Crippen molar-refractivity contribution in [3.8, 4) is 0 Å². The molecule has 5 heteroatoms. The van der Waals surface area contributed by atoms with Crippen LogP contribution in [0.4, 0.5) is 0 Å². The maximum atomic E-state index is 11.0. The van der Waals surface area contributed by atoms with Gasteiger partial charge in [0.1, 0.15) is 0 Å². The number of hydrogen-bond donors (Lipinski definition) is 1. The zero-order valence-corrected chi connectivity index (χ0v) is 15.8. The lowest BCUT2D eigenvalue weighted by molar-refractivity contribution is 0.00287. The zero-order valence-electron chi connectivity index (χ0n) is 13.4. The van der Waals surface area contributed by atoms with Gasteiger partial charge < -0.3 is 10.0 Å². The number of benzene rings is 1. The second kappa shape index (κ2) is 8.40. The van der Waals surface area contributed by atoms with Gasteiger partial charge in [0.25, 0.3) is 0 Å². The second-order valence-corrected chi connectivity index (χ2v) is 7.68. The van der Waals surface area contributed by atoms with Crippen LogP contribution in [-0.4, -0.2) is 35.7 Å². The lowest BCUT2D eigenvalue weighted by atomic mass is 9.61. The summed E-state index contributed by atoms with van der Waals surface area (Å²) in [4.78, 5) is 2.44. The van der Waals surface area contributed by atoms with Crippen LogP contribution in [0.3, 0.4) is 0 Å². The average Bonchev–Trinajstić information content (AvgIpc) is 2.70. The van der Waals surface area contributed by atoms with Crippen LogP contribution in [0.25, 0.3) is 0 Å². The summed E-state index contributed by atoms with van der Waals surface area (Å²) in [6.45, 7) is 3.02. The Bertz CT molecular complexity index is 511. The van der Waals surface area contributed by atoms with E-state index in [1.807, 2.05) is 18.2 Å². The molecule has 0 spiro atoms. The lowest BCUT2D eigenvalue weighted by Gasteiger charge is -2.47. The molecule has 1 aromatic carbocycles. The summed E-state index contributed by atoms with van der Waals surface area (Å²) >= 11 is 12.2. The summed E-state index contributed by atoms with van der Waals surface area (Å²) in [7, 11) is 0. The monoisotopic (exact) mass is 377 g/mol. The number of hydrogen-bond acceptors (Lipinski definition) is 2. The standard InChI is InChI=1S/C18H25Cl2NO.ClH/c19-15-7-6-14(12-16(15)20)18(8-5-9-18)17(22)13-21-10-3-1-2-4-11-21;/h6-7,12,17,22H,1-5,8-11,13H2;1H. The van der Waals surface area contributed by atoms with Gasteiger partial charge in [-0.15, -0.1) is 12.4 Å². The third kappa shape index (κ3) is 4.16. The van der Waals surface area contributed by atoms with E-state index in [0.29, 0.717) is 10.0 Å². The molecule has 0 bridgehead atoms. The zero-order chi connectivity index (χ0) is 15.6. The molecule has 1 N–H and O–H groups in total. The Kier molecular flexibility index (Phi) is 7.06. The maximum absolute atomic E-state index is 11.0. The van der Waals surface area contributed by atoms with Gasteiger partial charge in [0.05, 0.1) is 16.1 Å². The van der Waals surface area contributed by atoms with Gasteiger partial charge in [-0.2, -0.15) is 0 Å². The van der Waals surface area contributed by atoms with E-state index in [-0.39, 0.29) is 23.9 Å². The number of aliphatic hydroxyl groups is 1. The minimum Gasteiger partial charge on any atom is -0.391 e. The molecule has 2 fully saturated rings. The van der Waals surface area contributed by atoms with Gasteiger partial charge in [-0.3, -0.25) is 0 Å². The highest BCUT2D eigenvalue weighted by Crippen LogP contribution is 2.47. The molecule has 0 aromatic heterocycles. The smallest absolute Gasteiger partial charge is 0.0763 e. The molecule has 23 heavy (non-hydrogen) atoms. The minimum atomic E-state index is -0.323. The highest BCUT2D eigenvalue weighted by molar-refractivity contribution is 6.42. The predicted molar refractivity (Wildman–Crippen MR) is 100 cm³/mol. The third-order valence-electron chi connectivity index (χ3n) is 5.51. The van der Waals surface area contributed by atoms with E-state index in [9.17, 15) is 5.11 Å². The molecule has 1 atom stereocenters. The van der Waals surface area contributed by atoms with E-state index in [1.165, 1.54) is 32.1 Å². The van der Waals surface area contributed by atoms with Gasteiger partial charge in [0, 0.05) is 12.0 Å².